The number of aromatic nitrogens is 3. The second-order valence-corrected chi connectivity index (χ2v) is 6.48. The highest BCUT2D eigenvalue weighted by molar-refractivity contribution is 14.0. The van der Waals surface area contributed by atoms with E-state index >= 15 is 0 Å². The van der Waals surface area contributed by atoms with Crippen molar-refractivity contribution in [1.82, 2.24) is 25.4 Å². The standard InChI is InChI=1S/C18H28N6O.HI/c1-3-4-10-19-18(20-11-9-16-6-5-12-25-16)22-15-7-8-17-21-14(2)23-24(17)13-15;/h5-6,12,15H,3-4,7-11,13H2,1-2H3,(H2,19,20,22);1H. The lowest BCUT2D eigenvalue weighted by Crippen LogP contribution is -2.47. The van der Waals surface area contributed by atoms with Crippen LogP contribution in [0.2, 0.25) is 0 Å². The maximum absolute atomic E-state index is 5.39. The molecule has 1 aliphatic heterocycles. The van der Waals surface area contributed by atoms with Gasteiger partial charge in [0.25, 0.3) is 0 Å². The van der Waals surface area contributed by atoms with Crippen LogP contribution in [0.5, 0.6) is 0 Å². The Bertz CT molecular complexity index is 682. The van der Waals surface area contributed by atoms with Gasteiger partial charge in [0.2, 0.25) is 0 Å². The van der Waals surface area contributed by atoms with Crippen LogP contribution in [0.25, 0.3) is 0 Å². The van der Waals surface area contributed by atoms with Gasteiger partial charge < -0.3 is 15.1 Å². The minimum absolute atomic E-state index is 0. The van der Waals surface area contributed by atoms with Crippen molar-refractivity contribution in [1.29, 1.82) is 0 Å². The average molecular weight is 472 g/mol. The Labute approximate surface area is 172 Å². The molecule has 0 aromatic carbocycles. The summed E-state index contributed by atoms with van der Waals surface area (Å²) in [5.41, 5.74) is 0. The van der Waals surface area contributed by atoms with E-state index in [0.29, 0.717) is 6.04 Å². The molecule has 0 saturated carbocycles. The number of aryl methyl sites for hydroxylation is 2. The zero-order valence-electron chi connectivity index (χ0n) is 15.6. The van der Waals surface area contributed by atoms with Crippen molar-refractivity contribution in [2.45, 2.75) is 58.5 Å². The molecule has 1 unspecified atom stereocenters. The van der Waals surface area contributed by atoms with E-state index in [1.807, 2.05) is 23.7 Å². The van der Waals surface area contributed by atoms with Gasteiger partial charge in [0, 0.05) is 32.0 Å². The zero-order valence-corrected chi connectivity index (χ0v) is 17.9. The van der Waals surface area contributed by atoms with Crippen molar-refractivity contribution in [2.75, 3.05) is 13.1 Å². The normalized spacial score (nSPS) is 16.7. The van der Waals surface area contributed by atoms with Crippen LogP contribution < -0.4 is 10.6 Å². The topological polar surface area (TPSA) is 80.3 Å². The molecule has 1 atom stereocenters. The molecule has 0 aliphatic carbocycles. The van der Waals surface area contributed by atoms with E-state index in [9.17, 15) is 0 Å². The van der Waals surface area contributed by atoms with E-state index in [-0.39, 0.29) is 24.0 Å². The monoisotopic (exact) mass is 472 g/mol. The number of halogens is 1. The summed E-state index contributed by atoms with van der Waals surface area (Å²) in [6.45, 7) is 6.60. The third-order valence-corrected chi connectivity index (χ3v) is 4.33. The molecule has 0 fully saturated rings. The van der Waals surface area contributed by atoms with Crippen LogP contribution in [0.4, 0.5) is 0 Å². The average Bonchev–Trinajstić information content (AvgIpc) is 3.23. The number of furan rings is 1. The lowest BCUT2D eigenvalue weighted by Gasteiger charge is -2.25. The predicted octanol–water partition coefficient (Wildman–Crippen LogP) is 2.69. The van der Waals surface area contributed by atoms with Gasteiger partial charge in [-0.15, -0.1) is 24.0 Å². The fourth-order valence-corrected chi connectivity index (χ4v) is 3.01. The van der Waals surface area contributed by atoms with Gasteiger partial charge in [-0.25, -0.2) is 9.67 Å². The third kappa shape index (κ3) is 6.00. The molecule has 2 aromatic heterocycles. The molecule has 0 bridgehead atoms. The van der Waals surface area contributed by atoms with E-state index in [0.717, 1.165) is 75.1 Å². The number of nitrogens with zero attached hydrogens (tertiary/aromatic N) is 4. The minimum Gasteiger partial charge on any atom is -0.469 e. The number of hydrogen-bond acceptors (Lipinski definition) is 4. The molecule has 3 heterocycles. The smallest absolute Gasteiger partial charge is 0.191 e. The molecule has 0 amide bonds. The van der Waals surface area contributed by atoms with Crippen LogP contribution in [0.15, 0.2) is 27.8 Å². The Morgan fingerprint density at radius 1 is 1.46 bits per heavy atom. The second kappa shape index (κ2) is 10.5. The van der Waals surface area contributed by atoms with E-state index in [2.05, 4.69) is 27.6 Å². The predicted molar refractivity (Wildman–Crippen MR) is 113 cm³/mol. The molecular formula is C18H29IN6O. The summed E-state index contributed by atoms with van der Waals surface area (Å²) in [4.78, 5) is 9.18. The summed E-state index contributed by atoms with van der Waals surface area (Å²) < 4.78 is 7.40. The Morgan fingerprint density at radius 2 is 2.35 bits per heavy atom. The lowest BCUT2D eigenvalue weighted by atomic mass is 10.1. The van der Waals surface area contributed by atoms with Gasteiger partial charge in [-0.2, -0.15) is 5.10 Å². The first-order chi connectivity index (χ1) is 12.2. The van der Waals surface area contributed by atoms with Gasteiger partial charge in [0.1, 0.15) is 17.4 Å². The molecule has 3 rings (SSSR count). The highest BCUT2D eigenvalue weighted by Crippen LogP contribution is 2.12. The van der Waals surface area contributed by atoms with Gasteiger partial charge >= 0.3 is 0 Å². The summed E-state index contributed by atoms with van der Waals surface area (Å²) in [6, 6.07) is 4.24. The number of rotatable bonds is 7. The fourth-order valence-electron chi connectivity index (χ4n) is 3.01. The largest absolute Gasteiger partial charge is 0.469 e. The first kappa shape index (κ1) is 20.7. The van der Waals surface area contributed by atoms with Crippen LogP contribution in [0.1, 0.15) is 43.6 Å². The summed E-state index contributed by atoms with van der Waals surface area (Å²) in [6.07, 6.45) is 6.80. The Hall–Kier alpha value is -1.58. The molecule has 0 spiro atoms. The molecule has 8 heteroatoms. The Balaban J connectivity index is 0.00000243. The molecule has 0 saturated heterocycles. The zero-order chi connectivity index (χ0) is 17.5. The Morgan fingerprint density at radius 3 is 3.12 bits per heavy atom. The number of guanidine groups is 1. The summed E-state index contributed by atoms with van der Waals surface area (Å²) >= 11 is 0. The van der Waals surface area contributed by atoms with Crippen molar-refractivity contribution in [3.05, 3.63) is 35.8 Å². The number of aliphatic imine (C=N–C) groups is 1. The van der Waals surface area contributed by atoms with Gasteiger partial charge in [-0.1, -0.05) is 13.3 Å². The number of unbranched alkanes of at least 4 members (excludes halogenated alkanes) is 1. The molecular weight excluding hydrogens is 443 g/mol. The van der Waals surface area contributed by atoms with E-state index < -0.39 is 0 Å². The molecule has 26 heavy (non-hydrogen) atoms. The SMILES string of the molecule is CCCCN=C(NCCc1ccco1)NC1CCc2nc(C)nn2C1.I. The molecule has 2 aromatic rings. The van der Waals surface area contributed by atoms with E-state index in [1.54, 1.807) is 6.26 Å². The van der Waals surface area contributed by atoms with Gasteiger partial charge in [0.15, 0.2) is 5.96 Å². The van der Waals surface area contributed by atoms with Gasteiger partial charge in [-0.3, -0.25) is 4.99 Å². The number of fused-ring (bicyclic) bond motifs is 1. The van der Waals surface area contributed by atoms with Gasteiger partial charge in [0.05, 0.1) is 12.8 Å². The van der Waals surface area contributed by atoms with Crippen molar-refractivity contribution < 1.29 is 4.42 Å². The van der Waals surface area contributed by atoms with Crippen LogP contribution in [0, 0.1) is 6.92 Å². The second-order valence-electron chi connectivity index (χ2n) is 6.48. The molecule has 7 nitrogen and oxygen atoms in total. The summed E-state index contributed by atoms with van der Waals surface area (Å²) in [5.74, 6) is 3.81. The fraction of sp³-hybridized carbons (Fsp3) is 0.611. The first-order valence-electron chi connectivity index (χ1n) is 9.22. The maximum atomic E-state index is 5.39. The lowest BCUT2D eigenvalue weighted by molar-refractivity contribution is 0.392. The highest BCUT2D eigenvalue weighted by atomic mass is 127. The van der Waals surface area contributed by atoms with Crippen molar-refractivity contribution >= 4 is 29.9 Å². The summed E-state index contributed by atoms with van der Waals surface area (Å²) in [7, 11) is 0. The van der Waals surface area contributed by atoms with Crippen molar-refractivity contribution in [2.24, 2.45) is 4.99 Å². The minimum atomic E-state index is 0. The van der Waals surface area contributed by atoms with E-state index in [4.69, 9.17) is 9.41 Å². The highest BCUT2D eigenvalue weighted by Gasteiger charge is 2.21. The third-order valence-electron chi connectivity index (χ3n) is 4.33. The maximum Gasteiger partial charge on any atom is 0.191 e. The van der Waals surface area contributed by atoms with Crippen LogP contribution in [-0.2, 0) is 19.4 Å². The molecule has 2 N–H and O–H groups in total. The number of hydrogen-bond donors (Lipinski definition) is 2. The van der Waals surface area contributed by atoms with Crippen LogP contribution >= 0.6 is 24.0 Å². The van der Waals surface area contributed by atoms with E-state index in [1.165, 1.54) is 0 Å². The quantitative estimate of drug-likeness (QED) is 0.281. The van der Waals surface area contributed by atoms with Crippen LogP contribution in [0.3, 0.4) is 0 Å². The molecule has 1 aliphatic rings. The Kier molecular flexibility index (Phi) is 8.40. The van der Waals surface area contributed by atoms with Crippen molar-refractivity contribution in [3.8, 4) is 0 Å². The molecule has 0 radical (unpaired) electrons. The van der Waals surface area contributed by atoms with Crippen LogP contribution in [-0.4, -0.2) is 39.9 Å². The van der Waals surface area contributed by atoms with Gasteiger partial charge in [-0.05, 0) is 31.9 Å². The first-order valence-corrected chi connectivity index (χ1v) is 9.22. The van der Waals surface area contributed by atoms with Crippen molar-refractivity contribution in [3.63, 3.8) is 0 Å². The molecule has 144 valence electrons. The number of nitrogens with one attached hydrogen (secondary N) is 2. The summed E-state index contributed by atoms with van der Waals surface area (Å²) in [5, 5.41) is 11.5.